The van der Waals surface area contributed by atoms with Crippen molar-refractivity contribution in [1.82, 2.24) is 15.2 Å². The number of fused-ring (bicyclic) bond motifs is 1. The van der Waals surface area contributed by atoms with Gasteiger partial charge in [-0.2, -0.15) is 0 Å². The van der Waals surface area contributed by atoms with Crippen LogP contribution >= 0.6 is 0 Å². The largest absolute Gasteiger partial charge is 0.469 e. The molecule has 0 unspecified atom stereocenters. The van der Waals surface area contributed by atoms with Crippen LogP contribution in [0.3, 0.4) is 0 Å². The van der Waals surface area contributed by atoms with Crippen molar-refractivity contribution in [3.05, 3.63) is 59.7 Å². The summed E-state index contributed by atoms with van der Waals surface area (Å²) in [5, 5.41) is 7.71. The Morgan fingerprint density at radius 3 is 2.65 bits per heavy atom. The van der Waals surface area contributed by atoms with Gasteiger partial charge in [-0.25, -0.2) is 4.79 Å². The number of hydrogen-bond acceptors (Lipinski definition) is 6. The third-order valence-corrected chi connectivity index (χ3v) is 3.29. The monoisotopic (exact) mass is 311 g/mol. The van der Waals surface area contributed by atoms with Gasteiger partial charge < -0.3 is 9.57 Å². The second kappa shape index (κ2) is 6.27. The minimum atomic E-state index is -0.625. The number of benzene rings is 2. The quantitative estimate of drug-likeness (QED) is 0.535. The molecule has 0 saturated carbocycles. The van der Waals surface area contributed by atoms with Gasteiger partial charge in [0.25, 0.3) is 0 Å². The molecule has 3 rings (SSSR count). The zero-order valence-corrected chi connectivity index (χ0v) is 12.3. The van der Waals surface area contributed by atoms with Crippen LogP contribution in [-0.2, 0) is 16.0 Å². The van der Waals surface area contributed by atoms with E-state index in [9.17, 15) is 9.59 Å². The van der Waals surface area contributed by atoms with Gasteiger partial charge in [0, 0.05) is 0 Å². The molecule has 0 amide bonds. The molecule has 0 atom stereocenters. The molecule has 2 aromatic carbocycles. The number of carbonyl (C=O) groups is 2. The van der Waals surface area contributed by atoms with Crippen LogP contribution in [-0.4, -0.2) is 34.2 Å². The lowest BCUT2D eigenvalue weighted by molar-refractivity contribution is -0.139. The van der Waals surface area contributed by atoms with Gasteiger partial charge in [0.1, 0.15) is 11.0 Å². The second-order valence-electron chi connectivity index (χ2n) is 4.74. The predicted molar refractivity (Wildman–Crippen MR) is 80.6 cm³/mol. The molecule has 1 heterocycles. The van der Waals surface area contributed by atoms with Crippen molar-refractivity contribution in [2.45, 2.75) is 6.42 Å². The molecule has 0 aliphatic heterocycles. The topological polar surface area (TPSA) is 83.3 Å². The van der Waals surface area contributed by atoms with E-state index in [0.29, 0.717) is 16.6 Å². The highest BCUT2D eigenvalue weighted by molar-refractivity contribution is 5.93. The third-order valence-electron chi connectivity index (χ3n) is 3.29. The third kappa shape index (κ3) is 3.03. The van der Waals surface area contributed by atoms with Crippen LogP contribution in [0.15, 0.2) is 48.5 Å². The molecule has 116 valence electrons. The fourth-order valence-corrected chi connectivity index (χ4v) is 2.14. The minimum absolute atomic E-state index is 0.0140. The smallest absolute Gasteiger partial charge is 0.366 e. The summed E-state index contributed by atoms with van der Waals surface area (Å²) < 4.78 is 4.63. The van der Waals surface area contributed by atoms with Crippen LogP contribution in [0.25, 0.3) is 11.0 Å². The molecule has 0 radical (unpaired) electrons. The van der Waals surface area contributed by atoms with E-state index in [1.807, 2.05) is 6.07 Å². The maximum absolute atomic E-state index is 12.4. The van der Waals surface area contributed by atoms with Gasteiger partial charge in [-0.15, -0.1) is 5.10 Å². The molecular weight excluding hydrogens is 298 g/mol. The Balaban J connectivity index is 1.88. The van der Waals surface area contributed by atoms with Gasteiger partial charge in [-0.05, 0) is 29.0 Å². The van der Waals surface area contributed by atoms with Crippen molar-refractivity contribution in [2.75, 3.05) is 7.11 Å². The molecule has 0 aliphatic carbocycles. The van der Waals surface area contributed by atoms with E-state index < -0.39 is 11.9 Å². The molecule has 0 bridgehead atoms. The average Bonchev–Trinajstić information content (AvgIpc) is 2.98. The van der Waals surface area contributed by atoms with E-state index in [4.69, 9.17) is 4.84 Å². The second-order valence-corrected chi connectivity index (χ2v) is 4.74. The number of para-hydroxylation sites is 1. The molecule has 0 spiro atoms. The van der Waals surface area contributed by atoms with Crippen LogP contribution in [0.1, 0.15) is 15.9 Å². The van der Waals surface area contributed by atoms with Crippen molar-refractivity contribution in [2.24, 2.45) is 0 Å². The van der Waals surface area contributed by atoms with Gasteiger partial charge >= 0.3 is 11.9 Å². The zero-order valence-electron chi connectivity index (χ0n) is 12.3. The Morgan fingerprint density at radius 2 is 1.83 bits per heavy atom. The van der Waals surface area contributed by atoms with Crippen molar-refractivity contribution in [3.8, 4) is 0 Å². The summed E-state index contributed by atoms with van der Waals surface area (Å²) in [7, 11) is 1.30. The Labute approximate surface area is 131 Å². The number of hydrogen-bond donors (Lipinski definition) is 0. The Morgan fingerprint density at radius 1 is 1.09 bits per heavy atom. The lowest BCUT2D eigenvalue weighted by Gasteiger charge is -2.08. The van der Waals surface area contributed by atoms with E-state index in [2.05, 4.69) is 15.0 Å². The molecule has 3 aromatic rings. The number of nitrogens with zero attached hydrogens (tertiary/aromatic N) is 3. The summed E-state index contributed by atoms with van der Waals surface area (Å²) in [4.78, 5) is 30.2. The minimum Gasteiger partial charge on any atom is -0.469 e. The van der Waals surface area contributed by atoms with Crippen LogP contribution in [0.2, 0.25) is 0 Å². The summed E-state index contributed by atoms with van der Waals surface area (Å²) >= 11 is 0. The maximum atomic E-state index is 12.4. The molecule has 1 aromatic heterocycles. The first-order valence-corrected chi connectivity index (χ1v) is 6.87. The summed E-state index contributed by atoms with van der Waals surface area (Å²) in [6, 6.07) is 13.8. The van der Waals surface area contributed by atoms with Crippen molar-refractivity contribution < 1.29 is 19.2 Å². The molecule has 0 fully saturated rings. The molecule has 7 nitrogen and oxygen atoms in total. The highest BCUT2D eigenvalue weighted by Gasteiger charge is 2.17. The van der Waals surface area contributed by atoms with Crippen molar-refractivity contribution >= 4 is 23.0 Å². The van der Waals surface area contributed by atoms with Crippen LogP contribution in [0.4, 0.5) is 0 Å². The van der Waals surface area contributed by atoms with E-state index in [0.717, 1.165) is 4.85 Å². The first-order chi connectivity index (χ1) is 11.2. The summed E-state index contributed by atoms with van der Waals surface area (Å²) in [5.74, 6) is -1.06. The van der Waals surface area contributed by atoms with Gasteiger partial charge in [-0.3, -0.25) is 4.79 Å². The van der Waals surface area contributed by atoms with Gasteiger partial charge in [0.2, 0.25) is 0 Å². The zero-order chi connectivity index (χ0) is 16.2. The van der Waals surface area contributed by atoms with E-state index >= 15 is 0 Å². The highest BCUT2D eigenvalue weighted by atomic mass is 16.7. The Bertz CT molecular complexity index is 872. The number of rotatable bonds is 4. The van der Waals surface area contributed by atoms with Gasteiger partial charge in [0.05, 0.1) is 19.1 Å². The first-order valence-electron chi connectivity index (χ1n) is 6.87. The van der Waals surface area contributed by atoms with Crippen LogP contribution in [0.5, 0.6) is 0 Å². The Kier molecular flexibility index (Phi) is 4.01. The number of methoxy groups -OCH3 is 1. The lowest BCUT2D eigenvalue weighted by Crippen LogP contribution is -2.22. The highest BCUT2D eigenvalue weighted by Crippen LogP contribution is 2.13. The van der Waals surface area contributed by atoms with Gasteiger partial charge in [0.15, 0.2) is 0 Å². The molecule has 0 aliphatic rings. The normalized spacial score (nSPS) is 10.5. The first kappa shape index (κ1) is 14.7. The van der Waals surface area contributed by atoms with Crippen molar-refractivity contribution in [3.63, 3.8) is 0 Å². The number of esters is 1. The fourth-order valence-electron chi connectivity index (χ4n) is 2.14. The van der Waals surface area contributed by atoms with E-state index in [1.54, 1.807) is 42.5 Å². The molecule has 0 saturated heterocycles. The fraction of sp³-hybridized carbons (Fsp3) is 0.125. The van der Waals surface area contributed by atoms with Crippen molar-refractivity contribution in [1.29, 1.82) is 0 Å². The number of aromatic nitrogens is 3. The van der Waals surface area contributed by atoms with E-state index in [1.165, 1.54) is 7.11 Å². The van der Waals surface area contributed by atoms with Crippen LogP contribution < -0.4 is 4.84 Å². The lowest BCUT2D eigenvalue weighted by atomic mass is 10.1. The molecule has 23 heavy (non-hydrogen) atoms. The standard InChI is InChI=1S/C16H13N3O4/c1-22-15(20)10-11-6-2-3-7-12(11)16(21)23-19-14-9-5-4-8-13(14)17-18-19/h2-9H,10H2,1H3. The summed E-state index contributed by atoms with van der Waals surface area (Å²) in [6.07, 6.45) is -0.0140. The molecule has 0 N–H and O–H groups in total. The Hall–Kier alpha value is -3.22. The average molecular weight is 311 g/mol. The van der Waals surface area contributed by atoms with Gasteiger partial charge in [-0.1, -0.05) is 35.2 Å². The predicted octanol–water partition coefficient (Wildman–Crippen LogP) is 1.42. The van der Waals surface area contributed by atoms with Crippen LogP contribution in [0, 0.1) is 0 Å². The van der Waals surface area contributed by atoms with E-state index in [-0.39, 0.29) is 12.0 Å². The SMILES string of the molecule is COC(=O)Cc1ccccc1C(=O)On1nnc2ccccc21. The number of carbonyl (C=O) groups excluding carboxylic acids is 2. The molecular formula is C16H13N3O4. The molecule has 7 heteroatoms. The summed E-state index contributed by atoms with van der Waals surface area (Å²) in [5.41, 5.74) is 1.99. The number of ether oxygens (including phenoxy) is 1. The summed E-state index contributed by atoms with van der Waals surface area (Å²) in [6.45, 7) is 0. The maximum Gasteiger partial charge on any atom is 0.366 e.